The number of fused-ring (bicyclic) bond motifs is 1. The highest BCUT2D eigenvalue weighted by atomic mass is 16.4. The summed E-state index contributed by atoms with van der Waals surface area (Å²) in [5, 5.41) is 9.08. The Hall–Kier alpha value is -1.29. The Bertz CT molecular complexity index is 396. The van der Waals surface area contributed by atoms with Crippen molar-refractivity contribution in [2.24, 2.45) is 12.8 Å². The van der Waals surface area contributed by atoms with E-state index in [0.717, 1.165) is 24.8 Å². The minimum absolute atomic E-state index is 0.172. The van der Waals surface area contributed by atoms with E-state index in [1.54, 1.807) is 0 Å². The highest BCUT2D eigenvalue weighted by Crippen LogP contribution is 2.31. The number of nitrogens with two attached hydrogens (primary N) is 1. The van der Waals surface area contributed by atoms with Crippen LogP contribution in [0.2, 0.25) is 0 Å². The van der Waals surface area contributed by atoms with E-state index in [1.807, 2.05) is 17.8 Å². The molecule has 1 aromatic rings. The molecule has 15 heavy (non-hydrogen) atoms. The molecule has 4 heteroatoms. The van der Waals surface area contributed by atoms with Gasteiger partial charge in [-0.1, -0.05) is 0 Å². The molecule has 0 spiro atoms. The fourth-order valence-corrected chi connectivity index (χ4v) is 2.45. The number of aryl methyl sites for hydroxylation is 1. The van der Waals surface area contributed by atoms with Gasteiger partial charge in [-0.15, -0.1) is 0 Å². The summed E-state index contributed by atoms with van der Waals surface area (Å²) in [6.07, 6.45) is 5.11. The van der Waals surface area contributed by atoms with Gasteiger partial charge in [-0.25, -0.2) is 0 Å². The van der Waals surface area contributed by atoms with Crippen molar-refractivity contribution in [2.75, 3.05) is 6.54 Å². The summed E-state index contributed by atoms with van der Waals surface area (Å²) in [7, 11) is 1.98. The summed E-state index contributed by atoms with van der Waals surface area (Å²) in [4.78, 5) is 11.1. The highest BCUT2D eigenvalue weighted by molar-refractivity contribution is 5.77. The molecule has 0 aliphatic heterocycles. The number of rotatable bonds is 3. The lowest BCUT2D eigenvalue weighted by molar-refractivity contribution is -0.138. The molecular formula is C11H16N2O2. The van der Waals surface area contributed by atoms with Crippen molar-refractivity contribution >= 4 is 5.97 Å². The fraction of sp³-hybridized carbons (Fsp3) is 0.545. The lowest BCUT2D eigenvalue weighted by atomic mass is 9.97. The molecule has 1 aromatic heterocycles. The fourth-order valence-electron chi connectivity index (χ4n) is 2.45. The quantitative estimate of drug-likeness (QED) is 0.766. The van der Waals surface area contributed by atoms with Crippen molar-refractivity contribution in [1.82, 2.24) is 4.57 Å². The van der Waals surface area contributed by atoms with Crippen LogP contribution in [0.1, 0.15) is 29.2 Å². The van der Waals surface area contributed by atoms with E-state index in [4.69, 9.17) is 10.8 Å². The number of aromatic nitrogens is 1. The van der Waals surface area contributed by atoms with Gasteiger partial charge in [0.15, 0.2) is 0 Å². The molecule has 4 nitrogen and oxygen atoms in total. The first-order chi connectivity index (χ1) is 7.15. The van der Waals surface area contributed by atoms with Crippen molar-refractivity contribution in [3.05, 3.63) is 23.0 Å². The highest BCUT2D eigenvalue weighted by Gasteiger charge is 2.27. The van der Waals surface area contributed by atoms with Crippen LogP contribution in [0, 0.1) is 0 Å². The summed E-state index contributed by atoms with van der Waals surface area (Å²) in [5.74, 6) is -1.36. The van der Waals surface area contributed by atoms with E-state index in [1.165, 1.54) is 11.3 Å². The minimum Gasteiger partial charge on any atom is -0.481 e. The Labute approximate surface area is 88.7 Å². The first-order valence-corrected chi connectivity index (χ1v) is 5.25. The normalized spacial score (nSPS) is 16.4. The lowest BCUT2D eigenvalue weighted by Gasteiger charge is -2.09. The van der Waals surface area contributed by atoms with E-state index in [2.05, 4.69) is 0 Å². The van der Waals surface area contributed by atoms with Gasteiger partial charge in [0.2, 0.25) is 0 Å². The van der Waals surface area contributed by atoms with Crippen LogP contribution in [-0.4, -0.2) is 22.2 Å². The predicted molar refractivity (Wildman–Crippen MR) is 56.9 cm³/mol. The van der Waals surface area contributed by atoms with Crippen LogP contribution >= 0.6 is 0 Å². The van der Waals surface area contributed by atoms with Crippen LogP contribution in [0.15, 0.2) is 6.20 Å². The largest absolute Gasteiger partial charge is 0.481 e. The average molecular weight is 208 g/mol. The molecule has 1 aliphatic carbocycles. The van der Waals surface area contributed by atoms with Gasteiger partial charge in [0.1, 0.15) is 0 Å². The molecule has 2 rings (SSSR count). The van der Waals surface area contributed by atoms with Crippen LogP contribution in [0.4, 0.5) is 0 Å². The van der Waals surface area contributed by atoms with Crippen LogP contribution in [0.5, 0.6) is 0 Å². The van der Waals surface area contributed by atoms with Gasteiger partial charge < -0.3 is 15.4 Å². The van der Waals surface area contributed by atoms with Gasteiger partial charge in [-0.05, 0) is 30.4 Å². The van der Waals surface area contributed by atoms with Crippen LogP contribution in [0.25, 0.3) is 0 Å². The number of carboxylic acids is 1. The zero-order valence-electron chi connectivity index (χ0n) is 8.86. The summed E-state index contributed by atoms with van der Waals surface area (Å²) < 4.78 is 2.04. The third-order valence-corrected chi connectivity index (χ3v) is 3.20. The third-order valence-electron chi connectivity index (χ3n) is 3.20. The summed E-state index contributed by atoms with van der Waals surface area (Å²) in [6.45, 7) is 0.172. The maximum absolute atomic E-state index is 11.1. The molecule has 0 fully saturated rings. The average Bonchev–Trinajstić information content (AvgIpc) is 2.72. The Balaban J connectivity index is 2.44. The van der Waals surface area contributed by atoms with Gasteiger partial charge in [0, 0.05) is 25.5 Å². The van der Waals surface area contributed by atoms with Crippen LogP contribution in [0.3, 0.4) is 0 Å². The first-order valence-electron chi connectivity index (χ1n) is 5.25. The van der Waals surface area contributed by atoms with E-state index in [0.29, 0.717) is 0 Å². The van der Waals surface area contributed by atoms with E-state index < -0.39 is 11.9 Å². The van der Waals surface area contributed by atoms with Gasteiger partial charge in [-0.2, -0.15) is 0 Å². The molecule has 0 radical (unpaired) electrons. The van der Waals surface area contributed by atoms with Gasteiger partial charge in [0.05, 0.1) is 5.92 Å². The zero-order valence-corrected chi connectivity index (χ0v) is 8.86. The molecule has 0 saturated heterocycles. The van der Waals surface area contributed by atoms with E-state index >= 15 is 0 Å². The van der Waals surface area contributed by atoms with Gasteiger partial charge >= 0.3 is 5.97 Å². The molecular weight excluding hydrogens is 192 g/mol. The molecule has 0 saturated carbocycles. The van der Waals surface area contributed by atoms with Crippen molar-refractivity contribution < 1.29 is 9.90 Å². The summed E-state index contributed by atoms with van der Waals surface area (Å²) in [5.41, 5.74) is 8.94. The second-order valence-corrected chi connectivity index (χ2v) is 4.10. The maximum Gasteiger partial charge on any atom is 0.312 e. The van der Waals surface area contributed by atoms with Crippen LogP contribution < -0.4 is 5.73 Å². The monoisotopic (exact) mass is 208 g/mol. The topological polar surface area (TPSA) is 68.2 Å². The lowest BCUT2D eigenvalue weighted by Crippen LogP contribution is -2.21. The molecule has 82 valence electrons. The number of aliphatic carboxylic acids is 1. The predicted octanol–water partition coefficient (Wildman–Crippen LogP) is 0.641. The molecule has 1 unspecified atom stereocenters. The first kappa shape index (κ1) is 10.2. The Morgan fingerprint density at radius 2 is 2.40 bits per heavy atom. The number of carbonyl (C=O) groups is 1. The summed E-state index contributed by atoms with van der Waals surface area (Å²) in [6, 6.07) is 0. The van der Waals surface area contributed by atoms with Crippen molar-refractivity contribution in [3.8, 4) is 0 Å². The molecule has 1 aliphatic rings. The van der Waals surface area contributed by atoms with Crippen molar-refractivity contribution in [2.45, 2.75) is 25.2 Å². The second-order valence-electron chi connectivity index (χ2n) is 4.10. The maximum atomic E-state index is 11.1. The smallest absolute Gasteiger partial charge is 0.312 e. The molecule has 1 heterocycles. The Morgan fingerprint density at radius 1 is 1.67 bits per heavy atom. The van der Waals surface area contributed by atoms with E-state index in [-0.39, 0.29) is 6.54 Å². The molecule has 0 amide bonds. The standard InChI is InChI=1S/C11H16N2O2/c1-13-6-9(8(5-12)11(14)15)7-3-2-4-10(7)13/h6,8H,2-5,12H2,1H3,(H,14,15). The van der Waals surface area contributed by atoms with Gasteiger partial charge in [0.25, 0.3) is 0 Å². The number of nitrogens with zero attached hydrogens (tertiary/aromatic N) is 1. The van der Waals surface area contributed by atoms with E-state index in [9.17, 15) is 4.79 Å². The van der Waals surface area contributed by atoms with Crippen molar-refractivity contribution in [3.63, 3.8) is 0 Å². The minimum atomic E-state index is -0.821. The number of hydrogen-bond acceptors (Lipinski definition) is 2. The number of carboxylic acid groups (broad SMARTS) is 1. The van der Waals surface area contributed by atoms with Crippen molar-refractivity contribution in [1.29, 1.82) is 0 Å². The molecule has 0 aromatic carbocycles. The Morgan fingerprint density at radius 3 is 3.00 bits per heavy atom. The Kier molecular flexibility index (Phi) is 2.52. The number of hydrogen-bond donors (Lipinski definition) is 2. The zero-order chi connectivity index (χ0) is 11.0. The molecule has 0 bridgehead atoms. The second kappa shape index (κ2) is 3.70. The SMILES string of the molecule is Cn1cc(C(CN)C(=O)O)c2c1CCC2. The van der Waals surface area contributed by atoms with Crippen LogP contribution in [-0.2, 0) is 24.7 Å². The molecule has 3 N–H and O–H groups in total. The molecule has 1 atom stereocenters. The third kappa shape index (κ3) is 1.55. The van der Waals surface area contributed by atoms with Gasteiger partial charge in [-0.3, -0.25) is 4.79 Å². The summed E-state index contributed by atoms with van der Waals surface area (Å²) >= 11 is 0.